The fourth-order valence-corrected chi connectivity index (χ4v) is 1.80. The highest BCUT2D eigenvalue weighted by molar-refractivity contribution is 6.00. The van der Waals surface area contributed by atoms with Crippen LogP contribution in [0, 0.1) is 0 Å². The molecule has 0 radical (unpaired) electrons. The molecule has 0 unspecified atom stereocenters. The third kappa shape index (κ3) is 9.49. The average molecular weight is 287 g/mol. The molecule has 1 fully saturated rings. The van der Waals surface area contributed by atoms with E-state index in [4.69, 9.17) is 10.3 Å². The Hall–Kier alpha value is -1.43. The molecule has 0 aromatic carbocycles. The van der Waals surface area contributed by atoms with E-state index >= 15 is 0 Å². The highest BCUT2D eigenvalue weighted by Crippen LogP contribution is 2.08. The first-order chi connectivity index (χ1) is 9.49. The Morgan fingerprint density at radius 2 is 1.45 bits per heavy atom. The normalized spacial score (nSPS) is 14.2. The maximum absolute atomic E-state index is 10.2. The standard InChI is InChI=1S/C10H20O2.C4H5NO3/c1-2-3-4-5-6-7-8-9-10(11)12;6-3-1-2-4(7)5(3)8/h2-9H2,1H3,(H,11,12);8H,1-2H2. The van der Waals surface area contributed by atoms with E-state index in [1.807, 2.05) is 0 Å². The van der Waals surface area contributed by atoms with Crippen LogP contribution in [0.3, 0.4) is 0 Å². The average Bonchev–Trinajstić information content (AvgIpc) is 2.69. The summed E-state index contributed by atoms with van der Waals surface area (Å²) in [5, 5.41) is 16.9. The van der Waals surface area contributed by atoms with Gasteiger partial charge in [-0.1, -0.05) is 45.4 Å². The summed E-state index contributed by atoms with van der Waals surface area (Å²) in [6, 6.07) is 0. The first-order valence-corrected chi connectivity index (χ1v) is 7.25. The molecule has 1 aliphatic rings. The third-order valence-corrected chi connectivity index (χ3v) is 3.02. The number of unbranched alkanes of at least 4 members (excludes halogenated alkanes) is 6. The number of amides is 2. The molecule has 2 amide bonds. The number of hydroxylamine groups is 2. The van der Waals surface area contributed by atoms with E-state index < -0.39 is 17.8 Å². The van der Waals surface area contributed by atoms with Gasteiger partial charge < -0.3 is 5.11 Å². The molecule has 6 heteroatoms. The number of aliphatic carboxylic acids is 1. The van der Waals surface area contributed by atoms with Gasteiger partial charge in [0.1, 0.15) is 0 Å². The zero-order chi connectivity index (χ0) is 15.4. The minimum Gasteiger partial charge on any atom is -0.481 e. The molecule has 0 atom stereocenters. The van der Waals surface area contributed by atoms with Gasteiger partial charge in [-0.05, 0) is 6.42 Å². The van der Waals surface area contributed by atoms with Crippen molar-refractivity contribution in [2.24, 2.45) is 0 Å². The van der Waals surface area contributed by atoms with Crippen molar-refractivity contribution in [2.45, 2.75) is 71.1 Å². The molecule has 6 nitrogen and oxygen atoms in total. The van der Waals surface area contributed by atoms with Gasteiger partial charge in [-0.3, -0.25) is 19.6 Å². The SMILES string of the molecule is CCCCCCCCCC(=O)O.O=C1CCC(=O)N1O. The topological polar surface area (TPSA) is 94.9 Å². The van der Waals surface area contributed by atoms with Crippen molar-refractivity contribution in [2.75, 3.05) is 0 Å². The van der Waals surface area contributed by atoms with Crippen molar-refractivity contribution in [3.63, 3.8) is 0 Å². The van der Waals surface area contributed by atoms with E-state index in [1.165, 1.54) is 32.1 Å². The number of nitrogens with zero attached hydrogens (tertiary/aromatic N) is 1. The molecule has 0 aromatic heterocycles. The van der Waals surface area contributed by atoms with Crippen LogP contribution >= 0.6 is 0 Å². The minimum atomic E-state index is -0.663. The van der Waals surface area contributed by atoms with E-state index in [-0.39, 0.29) is 17.9 Å². The van der Waals surface area contributed by atoms with Crippen LogP contribution in [0.15, 0.2) is 0 Å². The lowest BCUT2D eigenvalue weighted by Crippen LogP contribution is -2.24. The van der Waals surface area contributed by atoms with Crippen molar-refractivity contribution >= 4 is 17.8 Å². The molecule has 0 spiro atoms. The lowest BCUT2D eigenvalue weighted by Gasteiger charge is -1.98. The molecule has 116 valence electrons. The smallest absolute Gasteiger partial charge is 0.303 e. The monoisotopic (exact) mass is 287 g/mol. The Morgan fingerprint density at radius 1 is 1.00 bits per heavy atom. The van der Waals surface area contributed by atoms with Gasteiger partial charge in [0.15, 0.2) is 0 Å². The fourth-order valence-electron chi connectivity index (χ4n) is 1.80. The highest BCUT2D eigenvalue weighted by Gasteiger charge is 2.26. The predicted molar refractivity (Wildman–Crippen MR) is 73.1 cm³/mol. The largest absolute Gasteiger partial charge is 0.481 e. The molecule has 20 heavy (non-hydrogen) atoms. The number of carbonyl (C=O) groups excluding carboxylic acids is 2. The second kappa shape index (κ2) is 11.4. The second-order valence-electron chi connectivity index (χ2n) is 4.86. The third-order valence-electron chi connectivity index (χ3n) is 3.02. The summed E-state index contributed by atoms with van der Waals surface area (Å²) >= 11 is 0. The number of carboxylic acid groups (broad SMARTS) is 1. The van der Waals surface area contributed by atoms with E-state index in [9.17, 15) is 14.4 Å². The zero-order valence-electron chi connectivity index (χ0n) is 12.1. The van der Waals surface area contributed by atoms with Crippen LogP contribution in [-0.4, -0.2) is 33.2 Å². The number of hydrogen-bond acceptors (Lipinski definition) is 4. The fraction of sp³-hybridized carbons (Fsp3) is 0.786. The summed E-state index contributed by atoms with van der Waals surface area (Å²) in [6.07, 6.45) is 8.94. The molecule has 0 aromatic rings. The Morgan fingerprint density at radius 3 is 1.80 bits per heavy atom. The summed E-state index contributed by atoms with van der Waals surface area (Å²) in [6.45, 7) is 2.20. The van der Waals surface area contributed by atoms with Gasteiger partial charge >= 0.3 is 5.97 Å². The summed E-state index contributed by atoms with van der Waals surface area (Å²) in [5.74, 6) is -1.67. The predicted octanol–water partition coefficient (Wildman–Crippen LogP) is 2.74. The van der Waals surface area contributed by atoms with Crippen LogP contribution in [0.2, 0.25) is 0 Å². The molecule has 0 aliphatic carbocycles. The van der Waals surface area contributed by atoms with Crippen LogP contribution in [-0.2, 0) is 14.4 Å². The van der Waals surface area contributed by atoms with Crippen LogP contribution in [0.4, 0.5) is 0 Å². The van der Waals surface area contributed by atoms with E-state index in [2.05, 4.69) is 6.92 Å². The van der Waals surface area contributed by atoms with Crippen molar-refractivity contribution in [3.05, 3.63) is 0 Å². The van der Waals surface area contributed by atoms with Gasteiger partial charge in [0, 0.05) is 19.3 Å². The van der Waals surface area contributed by atoms with E-state index in [0.717, 1.165) is 12.8 Å². The lowest BCUT2D eigenvalue weighted by atomic mass is 10.1. The van der Waals surface area contributed by atoms with Crippen LogP contribution < -0.4 is 0 Å². The molecule has 1 saturated heterocycles. The summed E-state index contributed by atoms with van der Waals surface area (Å²) < 4.78 is 0. The Bertz CT molecular complexity index is 301. The molecular weight excluding hydrogens is 262 g/mol. The summed E-state index contributed by atoms with van der Waals surface area (Å²) in [7, 11) is 0. The number of rotatable bonds is 8. The van der Waals surface area contributed by atoms with E-state index in [0.29, 0.717) is 6.42 Å². The Kier molecular flexibility index (Phi) is 10.6. The minimum absolute atomic E-state index is 0.148. The second-order valence-corrected chi connectivity index (χ2v) is 4.86. The quantitative estimate of drug-likeness (QED) is 0.406. The van der Waals surface area contributed by atoms with Crippen molar-refractivity contribution in [3.8, 4) is 0 Å². The number of imide groups is 1. The van der Waals surface area contributed by atoms with Crippen molar-refractivity contribution in [1.29, 1.82) is 0 Å². The molecular formula is C14H25NO5. The summed E-state index contributed by atoms with van der Waals surface area (Å²) in [5.41, 5.74) is 0. The van der Waals surface area contributed by atoms with Gasteiger partial charge in [0.05, 0.1) is 0 Å². The Balaban J connectivity index is 0.000000388. The highest BCUT2D eigenvalue weighted by atomic mass is 16.5. The summed E-state index contributed by atoms with van der Waals surface area (Å²) in [4.78, 5) is 30.6. The number of carboxylic acids is 1. The van der Waals surface area contributed by atoms with Gasteiger partial charge in [0.25, 0.3) is 11.8 Å². The maximum Gasteiger partial charge on any atom is 0.303 e. The Labute approximate surface area is 119 Å². The van der Waals surface area contributed by atoms with Gasteiger partial charge in [-0.15, -0.1) is 0 Å². The van der Waals surface area contributed by atoms with Gasteiger partial charge in [-0.25, -0.2) is 0 Å². The molecule has 0 saturated carbocycles. The van der Waals surface area contributed by atoms with E-state index in [1.54, 1.807) is 0 Å². The first kappa shape index (κ1) is 18.6. The zero-order valence-corrected chi connectivity index (χ0v) is 12.1. The van der Waals surface area contributed by atoms with Crippen LogP contribution in [0.5, 0.6) is 0 Å². The molecule has 0 bridgehead atoms. The van der Waals surface area contributed by atoms with Crippen LogP contribution in [0.25, 0.3) is 0 Å². The van der Waals surface area contributed by atoms with Crippen molar-refractivity contribution < 1.29 is 24.7 Å². The van der Waals surface area contributed by atoms with Gasteiger partial charge in [0.2, 0.25) is 0 Å². The van der Waals surface area contributed by atoms with Crippen molar-refractivity contribution in [1.82, 2.24) is 5.06 Å². The molecule has 1 rings (SSSR count). The lowest BCUT2D eigenvalue weighted by molar-refractivity contribution is -0.171. The number of hydrogen-bond donors (Lipinski definition) is 2. The molecule has 1 heterocycles. The maximum atomic E-state index is 10.2. The number of carbonyl (C=O) groups is 3. The molecule has 1 aliphatic heterocycles. The van der Waals surface area contributed by atoms with Gasteiger partial charge in [-0.2, -0.15) is 5.06 Å². The first-order valence-electron chi connectivity index (χ1n) is 7.25. The van der Waals surface area contributed by atoms with Crippen LogP contribution in [0.1, 0.15) is 71.1 Å². The molecule has 2 N–H and O–H groups in total.